The molecule has 2 aromatic carbocycles. The molecule has 0 aliphatic carbocycles. The molecule has 0 radical (unpaired) electrons. The van der Waals surface area contributed by atoms with Crippen LogP contribution in [0.25, 0.3) is 0 Å². The molecule has 6 nitrogen and oxygen atoms in total. The average molecular weight is 390 g/mol. The van der Waals surface area contributed by atoms with Crippen molar-refractivity contribution in [2.24, 2.45) is 0 Å². The summed E-state index contributed by atoms with van der Waals surface area (Å²) in [4.78, 5) is 12.6. The van der Waals surface area contributed by atoms with Gasteiger partial charge in [0.05, 0.1) is 18.2 Å². The van der Waals surface area contributed by atoms with E-state index in [1.165, 1.54) is 0 Å². The molecule has 0 bridgehead atoms. The van der Waals surface area contributed by atoms with E-state index >= 15 is 0 Å². The van der Waals surface area contributed by atoms with E-state index in [4.69, 9.17) is 30.5 Å². The van der Waals surface area contributed by atoms with Gasteiger partial charge < -0.3 is 24.3 Å². The standard InChI is InChI=1S/C20H20ClNO5/c1-12-18(27-16-6-3-2-5-15(16)26-12)20(23)22-11-13-9-14(21)19-17(10-13)24-7-4-8-25-19/h2-3,5-6,9-10,12,18H,4,7-8,11H2,1H3,(H,22,23). The highest BCUT2D eigenvalue weighted by atomic mass is 35.5. The van der Waals surface area contributed by atoms with Gasteiger partial charge >= 0.3 is 0 Å². The van der Waals surface area contributed by atoms with Gasteiger partial charge in [-0.1, -0.05) is 23.7 Å². The second kappa shape index (κ2) is 7.56. The lowest BCUT2D eigenvalue weighted by molar-refractivity contribution is -0.133. The summed E-state index contributed by atoms with van der Waals surface area (Å²) < 4.78 is 22.9. The molecule has 142 valence electrons. The second-order valence-electron chi connectivity index (χ2n) is 6.48. The summed E-state index contributed by atoms with van der Waals surface area (Å²) in [6.45, 7) is 3.25. The van der Waals surface area contributed by atoms with Crippen molar-refractivity contribution in [2.45, 2.75) is 32.1 Å². The Kier molecular flexibility index (Phi) is 4.99. The van der Waals surface area contributed by atoms with E-state index < -0.39 is 12.2 Å². The van der Waals surface area contributed by atoms with Crippen LogP contribution in [0.1, 0.15) is 18.9 Å². The largest absolute Gasteiger partial charge is 0.489 e. The van der Waals surface area contributed by atoms with E-state index in [9.17, 15) is 4.79 Å². The highest BCUT2D eigenvalue weighted by molar-refractivity contribution is 6.32. The number of hydrogen-bond donors (Lipinski definition) is 1. The van der Waals surface area contributed by atoms with Gasteiger partial charge in [-0.05, 0) is 36.8 Å². The van der Waals surface area contributed by atoms with Gasteiger partial charge in [-0.2, -0.15) is 0 Å². The van der Waals surface area contributed by atoms with E-state index in [0.717, 1.165) is 12.0 Å². The number of carbonyl (C=O) groups excluding carboxylic acids is 1. The summed E-state index contributed by atoms with van der Waals surface area (Å²) in [5.41, 5.74) is 0.822. The van der Waals surface area contributed by atoms with Crippen LogP contribution in [0.3, 0.4) is 0 Å². The lowest BCUT2D eigenvalue weighted by Gasteiger charge is -2.31. The fraction of sp³-hybridized carbons (Fsp3) is 0.350. The van der Waals surface area contributed by atoms with Crippen molar-refractivity contribution in [1.29, 1.82) is 0 Å². The molecule has 0 saturated heterocycles. The van der Waals surface area contributed by atoms with Crippen LogP contribution in [-0.2, 0) is 11.3 Å². The first-order valence-electron chi connectivity index (χ1n) is 8.90. The monoisotopic (exact) mass is 389 g/mol. The van der Waals surface area contributed by atoms with Crippen LogP contribution in [0, 0.1) is 0 Å². The third-order valence-electron chi connectivity index (χ3n) is 4.43. The van der Waals surface area contributed by atoms with E-state index in [2.05, 4.69) is 5.32 Å². The predicted octanol–water partition coefficient (Wildman–Crippen LogP) is 3.35. The normalized spacial score (nSPS) is 20.5. The zero-order valence-corrected chi connectivity index (χ0v) is 15.6. The maximum atomic E-state index is 12.6. The number of hydrogen-bond acceptors (Lipinski definition) is 5. The lowest BCUT2D eigenvalue weighted by Crippen LogP contribution is -2.48. The zero-order valence-electron chi connectivity index (χ0n) is 14.9. The van der Waals surface area contributed by atoms with E-state index in [1.54, 1.807) is 12.1 Å². The van der Waals surface area contributed by atoms with Gasteiger partial charge in [-0.15, -0.1) is 0 Å². The smallest absolute Gasteiger partial charge is 0.265 e. The van der Waals surface area contributed by atoms with Crippen molar-refractivity contribution < 1.29 is 23.7 Å². The number of benzene rings is 2. The fourth-order valence-electron chi connectivity index (χ4n) is 3.08. The third kappa shape index (κ3) is 3.76. The van der Waals surface area contributed by atoms with Crippen molar-refractivity contribution in [1.82, 2.24) is 5.32 Å². The van der Waals surface area contributed by atoms with Gasteiger partial charge in [0, 0.05) is 13.0 Å². The van der Waals surface area contributed by atoms with Gasteiger partial charge in [0.15, 0.2) is 23.0 Å². The van der Waals surface area contributed by atoms with Gasteiger partial charge in [-0.3, -0.25) is 4.79 Å². The quantitative estimate of drug-likeness (QED) is 0.872. The second-order valence-corrected chi connectivity index (χ2v) is 6.89. The predicted molar refractivity (Wildman–Crippen MR) is 99.9 cm³/mol. The first-order chi connectivity index (χ1) is 13.1. The highest BCUT2D eigenvalue weighted by Crippen LogP contribution is 2.38. The van der Waals surface area contributed by atoms with Crippen molar-refractivity contribution >= 4 is 17.5 Å². The first kappa shape index (κ1) is 17.8. The molecule has 2 aliphatic heterocycles. The Balaban J connectivity index is 1.44. The van der Waals surface area contributed by atoms with Crippen LogP contribution >= 0.6 is 11.6 Å². The molecule has 0 saturated carbocycles. The Morgan fingerprint density at radius 1 is 1.11 bits per heavy atom. The number of fused-ring (bicyclic) bond motifs is 2. The highest BCUT2D eigenvalue weighted by Gasteiger charge is 2.33. The summed E-state index contributed by atoms with van der Waals surface area (Å²) in [6, 6.07) is 10.9. The summed E-state index contributed by atoms with van der Waals surface area (Å²) >= 11 is 6.30. The molecule has 27 heavy (non-hydrogen) atoms. The molecule has 1 amide bonds. The first-order valence-corrected chi connectivity index (χ1v) is 9.27. The van der Waals surface area contributed by atoms with Crippen LogP contribution in [-0.4, -0.2) is 31.3 Å². The minimum absolute atomic E-state index is 0.250. The number of ether oxygens (including phenoxy) is 4. The average Bonchev–Trinajstić information content (AvgIpc) is 2.91. The molecule has 0 spiro atoms. The summed E-state index contributed by atoms with van der Waals surface area (Å²) in [5.74, 6) is 2.11. The molecule has 4 rings (SSSR count). The summed E-state index contributed by atoms with van der Waals surface area (Å²) in [7, 11) is 0. The number of rotatable bonds is 3. The Hall–Kier alpha value is -2.60. The van der Waals surface area contributed by atoms with Crippen LogP contribution in [0.15, 0.2) is 36.4 Å². The number of para-hydroxylation sites is 2. The lowest BCUT2D eigenvalue weighted by atomic mass is 10.1. The molecular formula is C20H20ClNO5. The van der Waals surface area contributed by atoms with Crippen LogP contribution in [0.4, 0.5) is 0 Å². The van der Waals surface area contributed by atoms with E-state index in [-0.39, 0.29) is 5.91 Å². The van der Waals surface area contributed by atoms with Gasteiger partial charge in [0.1, 0.15) is 6.10 Å². The summed E-state index contributed by atoms with van der Waals surface area (Å²) in [6.07, 6.45) is -0.321. The summed E-state index contributed by atoms with van der Waals surface area (Å²) in [5, 5.41) is 3.35. The zero-order chi connectivity index (χ0) is 18.8. The molecule has 0 aromatic heterocycles. The Morgan fingerprint density at radius 2 is 1.85 bits per heavy atom. The van der Waals surface area contributed by atoms with E-state index in [0.29, 0.717) is 47.8 Å². The molecule has 0 fully saturated rings. The maximum Gasteiger partial charge on any atom is 0.265 e. The van der Waals surface area contributed by atoms with Gasteiger partial charge in [-0.25, -0.2) is 0 Å². The number of carbonyl (C=O) groups is 1. The van der Waals surface area contributed by atoms with Crippen LogP contribution in [0.5, 0.6) is 23.0 Å². The minimum atomic E-state index is -0.726. The van der Waals surface area contributed by atoms with Gasteiger partial charge in [0.25, 0.3) is 5.91 Å². The van der Waals surface area contributed by atoms with Crippen LogP contribution in [0.2, 0.25) is 5.02 Å². The molecular weight excluding hydrogens is 370 g/mol. The van der Waals surface area contributed by atoms with Crippen molar-refractivity contribution in [3.05, 3.63) is 47.0 Å². The van der Waals surface area contributed by atoms with Crippen molar-refractivity contribution in [3.63, 3.8) is 0 Å². The molecule has 2 atom stereocenters. The SMILES string of the molecule is CC1Oc2ccccc2OC1C(=O)NCc1cc(Cl)c2c(c1)OCCCO2. The van der Waals surface area contributed by atoms with E-state index in [1.807, 2.05) is 31.2 Å². The van der Waals surface area contributed by atoms with Crippen molar-refractivity contribution in [2.75, 3.05) is 13.2 Å². The molecule has 1 N–H and O–H groups in total. The Labute approximate surface area is 162 Å². The topological polar surface area (TPSA) is 66.0 Å². The molecule has 7 heteroatoms. The minimum Gasteiger partial charge on any atom is -0.489 e. The maximum absolute atomic E-state index is 12.6. The van der Waals surface area contributed by atoms with Crippen molar-refractivity contribution in [3.8, 4) is 23.0 Å². The molecule has 2 aromatic rings. The van der Waals surface area contributed by atoms with Crippen LogP contribution < -0.4 is 24.3 Å². The fourth-order valence-corrected chi connectivity index (χ4v) is 3.37. The number of halogens is 1. The number of nitrogens with one attached hydrogen (secondary N) is 1. The number of amides is 1. The Bertz CT molecular complexity index is 856. The Morgan fingerprint density at radius 3 is 2.67 bits per heavy atom. The van der Waals surface area contributed by atoms with Gasteiger partial charge in [0.2, 0.25) is 6.10 Å². The third-order valence-corrected chi connectivity index (χ3v) is 4.71. The molecule has 2 heterocycles. The molecule has 2 unspecified atom stereocenters. The molecule has 2 aliphatic rings.